The first-order chi connectivity index (χ1) is 15.2. The van der Waals surface area contributed by atoms with Crippen molar-refractivity contribution >= 4 is 11.6 Å². The minimum atomic E-state index is -4.78. The van der Waals surface area contributed by atoms with E-state index in [1.807, 2.05) is 12.1 Å². The van der Waals surface area contributed by atoms with E-state index in [1.165, 1.54) is 12.1 Å². The van der Waals surface area contributed by atoms with Crippen LogP contribution in [0.4, 0.5) is 18.9 Å². The van der Waals surface area contributed by atoms with Gasteiger partial charge in [-0.2, -0.15) is 0 Å². The molecule has 1 N–H and O–H groups in total. The van der Waals surface area contributed by atoms with Crippen LogP contribution in [0.2, 0.25) is 0 Å². The van der Waals surface area contributed by atoms with Crippen LogP contribution in [0.25, 0.3) is 11.3 Å². The number of hydrogen-bond donors (Lipinski definition) is 1. The van der Waals surface area contributed by atoms with Gasteiger partial charge in [0, 0.05) is 37.4 Å². The van der Waals surface area contributed by atoms with Gasteiger partial charge in [-0.15, -0.1) is 13.2 Å². The Morgan fingerprint density at radius 3 is 2.25 bits per heavy atom. The van der Waals surface area contributed by atoms with E-state index in [0.717, 1.165) is 17.8 Å². The molecule has 0 unspecified atom stereocenters. The van der Waals surface area contributed by atoms with Crippen molar-refractivity contribution in [1.29, 1.82) is 0 Å². The number of carbonyl (C=O) groups is 1. The summed E-state index contributed by atoms with van der Waals surface area (Å²) in [5, 5.41) is 13.4. The average molecular weight is 447 g/mol. The highest BCUT2D eigenvalue weighted by Gasteiger charge is 2.32. The fraction of sp³-hybridized carbons (Fsp3) is 0.273. The lowest BCUT2D eigenvalue weighted by Gasteiger charge is -2.36. The molecular formula is C22H20F3N3O4. The van der Waals surface area contributed by atoms with Crippen LogP contribution in [0.3, 0.4) is 0 Å². The van der Waals surface area contributed by atoms with Crippen LogP contribution < -0.4 is 9.64 Å². The molecule has 168 valence electrons. The lowest BCUT2D eigenvalue weighted by atomic mass is 10.0. The summed E-state index contributed by atoms with van der Waals surface area (Å²) in [4.78, 5) is 17.0. The molecule has 1 saturated heterocycles. The van der Waals surface area contributed by atoms with Crippen LogP contribution in [0, 0.1) is 6.92 Å². The van der Waals surface area contributed by atoms with Gasteiger partial charge in [0.15, 0.2) is 0 Å². The van der Waals surface area contributed by atoms with Crippen molar-refractivity contribution in [2.75, 3.05) is 31.1 Å². The number of aromatic nitrogens is 1. The van der Waals surface area contributed by atoms with Gasteiger partial charge in [0.25, 0.3) is 5.91 Å². The third-order valence-electron chi connectivity index (χ3n) is 5.22. The molecule has 1 fully saturated rings. The Hall–Kier alpha value is -3.69. The van der Waals surface area contributed by atoms with Crippen molar-refractivity contribution in [3.05, 3.63) is 59.9 Å². The minimum Gasteiger partial charge on any atom is -0.508 e. The number of nitrogens with zero attached hydrogens (tertiary/aromatic N) is 3. The molecule has 1 amide bonds. The molecule has 32 heavy (non-hydrogen) atoms. The fourth-order valence-electron chi connectivity index (χ4n) is 3.62. The topological polar surface area (TPSA) is 79.0 Å². The van der Waals surface area contributed by atoms with E-state index in [0.29, 0.717) is 37.5 Å². The predicted octanol–water partition coefficient (Wildman–Crippen LogP) is 4.22. The Balaban J connectivity index is 1.48. The molecule has 1 aliphatic rings. The van der Waals surface area contributed by atoms with Gasteiger partial charge < -0.3 is 24.2 Å². The summed E-state index contributed by atoms with van der Waals surface area (Å²) >= 11 is 0. The number of carbonyl (C=O) groups excluding carboxylic acids is 1. The number of halogens is 3. The number of piperazine rings is 1. The van der Waals surface area contributed by atoms with E-state index in [9.17, 15) is 23.1 Å². The number of rotatable bonds is 4. The molecule has 0 aliphatic carbocycles. The molecule has 0 radical (unpaired) electrons. The Morgan fingerprint density at radius 2 is 1.66 bits per heavy atom. The molecule has 10 heteroatoms. The largest absolute Gasteiger partial charge is 0.573 e. The van der Waals surface area contributed by atoms with Crippen molar-refractivity contribution in [3.8, 4) is 22.8 Å². The number of alkyl halides is 3. The number of benzene rings is 2. The fourth-order valence-corrected chi connectivity index (χ4v) is 3.62. The van der Waals surface area contributed by atoms with E-state index < -0.39 is 6.36 Å². The Morgan fingerprint density at radius 1 is 1.03 bits per heavy atom. The maximum atomic E-state index is 13.2. The van der Waals surface area contributed by atoms with Crippen LogP contribution in [0.15, 0.2) is 53.1 Å². The molecule has 1 aromatic heterocycles. The van der Waals surface area contributed by atoms with Crippen molar-refractivity contribution in [1.82, 2.24) is 10.1 Å². The van der Waals surface area contributed by atoms with E-state index in [2.05, 4.69) is 14.8 Å². The zero-order valence-corrected chi connectivity index (χ0v) is 17.1. The van der Waals surface area contributed by atoms with Crippen LogP contribution in [0.1, 0.15) is 16.1 Å². The third-order valence-corrected chi connectivity index (χ3v) is 5.22. The SMILES string of the molecule is Cc1onc(-c2ccc(OC(F)(F)F)cc2)c1C(=O)N1CCN(c2ccc(O)cc2)CC1. The van der Waals surface area contributed by atoms with Crippen LogP contribution in [-0.2, 0) is 0 Å². The molecular weight excluding hydrogens is 427 g/mol. The van der Waals surface area contributed by atoms with Crippen molar-refractivity contribution in [2.45, 2.75) is 13.3 Å². The van der Waals surface area contributed by atoms with Crippen LogP contribution >= 0.6 is 0 Å². The first-order valence-electron chi connectivity index (χ1n) is 9.87. The summed E-state index contributed by atoms with van der Waals surface area (Å²) in [7, 11) is 0. The molecule has 2 heterocycles. The molecule has 2 aromatic carbocycles. The molecule has 3 aromatic rings. The summed E-state index contributed by atoms with van der Waals surface area (Å²) in [6, 6.07) is 12.0. The second-order valence-electron chi connectivity index (χ2n) is 7.33. The molecule has 0 atom stereocenters. The highest BCUT2D eigenvalue weighted by molar-refractivity contribution is 6.01. The lowest BCUT2D eigenvalue weighted by Crippen LogP contribution is -2.49. The van der Waals surface area contributed by atoms with E-state index >= 15 is 0 Å². The summed E-state index contributed by atoms with van der Waals surface area (Å²) in [6.07, 6.45) is -4.78. The first kappa shape index (κ1) is 21.5. The maximum absolute atomic E-state index is 13.2. The molecule has 4 rings (SSSR count). The zero-order valence-electron chi connectivity index (χ0n) is 17.1. The van der Waals surface area contributed by atoms with E-state index in [1.54, 1.807) is 24.0 Å². The second-order valence-corrected chi connectivity index (χ2v) is 7.33. The van der Waals surface area contributed by atoms with Crippen LogP contribution in [-0.4, -0.2) is 53.6 Å². The van der Waals surface area contributed by atoms with Gasteiger partial charge in [-0.05, 0) is 55.5 Å². The van der Waals surface area contributed by atoms with E-state index in [4.69, 9.17) is 4.52 Å². The second kappa shape index (κ2) is 8.45. The molecule has 7 nitrogen and oxygen atoms in total. The first-order valence-corrected chi connectivity index (χ1v) is 9.87. The summed E-state index contributed by atoms with van der Waals surface area (Å²) in [6.45, 7) is 3.79. The Labute approximate surface area is 181 Å². The van der Waals surface area contributed by atoms with Gasteiger partial charge in [0.2, 0.25) is 0 Å². The number of aryl methyl sites for hydroxylation is 1. The molecule has 1 aliphatic heterocycles. The number of phenolic OH excluding ortho intramolecular Hbond substituents is 1. The maximum Gasteiger partial charge on any atom is 0.573 e. The highest BCUT2D eigenvalue weighted by Crippen LogP contribution is 2.30. The van der Waals surface area contributed by atoms with Gasteiger partial charge in [-0.25, -0.2) is 0 Å². The quantitative estimate of drug-likeness (QED) is 0.645. The van der Waals surface area contributed by atoms with Crippen molar-refractivity contribution in [2.24, 2.45) is 0 Å². The Bertz CT molecular complexity index is 1090. The molecule has 0 bridgehead atoms. The van der Waals surface area contributed by atoms with Crippen molar-refractivity contribution in [3.63, 3.8) is 0 Å². The predicted molar refractivity (Wildman–Crippen MR) is 110 cm³/mol. The van der Waals surface area contributed by atoms with Crippen molar-refractivity contribution < 1.29 is 32.3 Å². The Kier molecular flexibility index (Phi) is 5.68. The zero-order chi connectivity index (χ0) is 22.9. The number of phenols is 1. The average Bonchev–Trinajstić information content (AvgIpc) is 3.15. The molecule has 0 spiro atoms. The lowest BCUT2D eigenvalue weighted by molar-refractivity contribution is -0.274. The summed E-state index contributed by atoms with van der Waals surface area (Å²) in [5.74, 6) is -0.0861. The van der Waals surface area contributed by atoms with Gasteiger partial charge in [-0.1, -0.05) is 5.16 Å². The number of hydrogen-bond acceptors (Lipinski definition) is 6. The standard InChI is InChI=1S/C22H20F3N3O4/c1-14-19(20(26-32-14)15-2-8-18(9-3-15)31-22(23,24)25)21(30)28-12-10-27(11-13-28)16-4-6-17(29)7-5-16/h2-9,29H,10-13H2,1H3. The number of ether oxygens (including phenoxy) is 1. The van der Waals surface area contributed by atoms with Gasteiger partial charge in [-0.3, -0.25) is 4.79 Å². The van der Waals surface area contributed by atoms with Crippen LogP contribution in [0.5, 0.6) is 11.5 Å². The highest BCUT2D eigenvalue weighted by atomic mass is 19.4. The number of amides is 1. The number of aromatic hydroxyl groups is 1. The summed E-state index contributed by atoms with van der Waals surface area (Å²) < 4.78 is 46.3. The monoisotopic (exact) mass is 447 g/mol. The minimum absolute atomic E-state index is 0.191. The van der Waals surface area contributed by atoms with Gasteiger partial charge in [0.1, 0.15) is 28.5 Å². The third kappa shape index (κ3) is 4.63. The van der Waals surface area contributed by atoms with Gasteiger partial charge >= 0.3 is 6.36 Å². The molecule has 0 saturated carbocycles. The van der Waals surface area contributed by atoms with E-state index in [-0.39, 0.29) is 28.7 Å². The number of anilines is 1. The normalized spacial score (nSPS) is 14.5. The summed E-state index contributed by atoms with van der Waals surface area (Å²) in [5.41, 5.74) is 1.96. The smallest absolute Gasteiger partial charge is 0.508 e. The van der Waals surface area contributed by atoms with Gasteiger partial charge in [0.05, 0.1) is 0 Å².